The zero-order chi connectivity index (χ0) is 10.2. The molecule has 0 spiro atoms. The Bertz CT molecular complexity index is 298. The summed E-state index contributed by atoms with van der Waals surface area (Å²) in [6, 6.07) is 10.7. The summed E-state index contributed by atoms with van der Waals surface area (Å²) in [5, 5.41) is 0. The maximum atomic E-state index is 6.32. The van der Waals surface area contributed by atoms with E-state index in [0.29, 0.717) is 11.8 Å². The molecule has 0 aliphatic heterocycles. The Balaban J connectivity index is 2.28. The summed E-state index contributed by atoms with van der Waals surface area (Å²) in [4.78, 5) is 0. The maximum Gasteiger partial charge on any atom is 0.0227 e. The van der Waals surface area contributed by atoms with Gasteiger partial charge in [0.05, 0.1) is 0 Å². The van der Waals surface area contributed by atoms with Gasteiger partial charge in [-0.3, -0.25) is 0 Å². The molecule has 0 saturated heterocycles. The van der Waals surface area contributed by atoms with Crippen molar-refractivity contribution in [2.75, 3.05) is 0 Å². The fourth-order valence-corrected chi connectivity index (χ4v) is 2.50. The van der Waals surface area contributed by atoms with E-state index in [2.05, 4.69) is 44.2 Å². The molecule has 0 bridgehead atoms. The number of hydrogen-bond donors (Lipinski definition) is 1. The third-order valence-corrected chi connectivity index (χ3v) is 3.27. The van der Waals surface area contributed by atoms with Gasteiger partial charge in [-0.25, -0.2) is 0 Å². The summed E-state index contributed by atoms with van der Waals surface area (Å²) in [5.41, 5.74) is 7.82. The second-order valence-electron chi connectivity index (χ2n) is 4.87. The van der Waals surface area contributed by atoms with Gasteiger partial charge in [0.15, 0.2) is 0 Å². The lowest BCUT2D eigenvalue weighted by atomic mass is 9.81. The zero-order valence-corrected chi connectivity index (χ0v) is 9.03. The van der Waals surface area contributed by atoms with Crippen LogP contribution < -0.4 is 5.73 Å². The Kier molecular flexibility index (Phi) is 2.36. The molecule has 0 radical (unpaired) electrons. The van der Waals surface area contributed by atoms with Crippen LogP contribution in [-0.4, -0.2) is 5.54 Å². The van der Waals surface area contributed by atoms with Gasteiger partial charge >= 0.3 is 0 Å². The molecule has 2 N–H and O–H groups in total. The number of rotatable bonds is 3. The fourth-order valence-electron chi connectivity index (χ4n) is 2.50. The highest BCUT2D eigenvalue weighted by Crippen LogP contribution is 2.48. The molecular formula is C13H19N. The van der Waals surface area contributed by atoms with Crippen molar-refractivity contribution in [1.29, 1.82) is 0 Å². The average Bonchev–Trinajstić information content (AvgIpc) is 2.85. The molecule has 1 aliphatic rings. The first-order valence-electron chi connectivity index (χ1n) is 5.47. The smallest absolute Gasteiger partial charge is 0.0227 e. The summed E-state index contributed by atoms with van der Waals surface area (Å²) >= 11 is 0. The first-order valence-corrected chi connectivity index (χ1v) is 5.47. The van der Waals surface area contributed by atoms with Crippen LogP contribution in [0.5, 0.6) is 0 Å². The van der Waals surface area contributed by atoms with Crippen molar-refractivity contribution in [3.63, 3.8) is 0 Å². The largest absolute Gasteiger partial charge is 0.325 e. The number of benzene rings is 1. The van der Waals surface area contributed by atoms with Gasteiger partial charge in [-0.05, 0) is 24.3 Å². The molecule has 1 atom stereocenters. The van der Waals surface area contributed by atoms with Crippen molar-refractivity contribution in [2.24, 2.45) is 11.7 Å². The summed E-state index contributed by atoms with van der Waals surface area (Å²) in [6.07, 6.45) is 2.37. The molecule has 1 fully saturated rings. The lowest BCUT2D eigenvalue weighted by Crippen LogP contribution is -2.33. The second kappa shape index (κ2) is 3.39. The minimum atomic E-state index is 0.0928. The second-order valence-corrected chi connectivity index (χ2v) is 4.87. The van der Waals surface area contributed by atoms with Gasteiger partial charge in [0.25, 0.3) is 0 Å². The van der Waals surface area contributed by atoms with Crippen molar-refractivity contribution in [3.8, 4) is 0 Å². The maximum absolute atomic E-state index is 6.32. The van der Waals surface area contributed by atoms with Crippen LogP contribution in [0.1, 0.15) is 38.2 Å². The summed E-state index contributed by atoms with van der Waals surface area (Å²) in [7, 11) is 0. The quantitative estimate of drug-likeness (QED) is 0.777. The predicted octanol–water partition coefficient (Wildman–Crippen LogP) is 2.92. The van der Waals surface area contributed by atoms with Crippen LogP contribution in [0.25, 0.3) is 0 Å². The molecule has 1 aromatic rings. The van der Waals surface area contributed by atoms with E-state index in [1.54, 1.807) is 0 Å². The van der Waals surface area contributed by atoms with Crippen molar-refractivity contribution in [2.45, 2.75) is 38.1 Å². The first-order chi connectivity index (χ1) is 6.63. The summed E-state index contributed by atoms with van der Waals surface area (Å²) in [6.45, 7) is 4.54. The van der Waals surface area contributed by atoms with Crippen LogP contribution in [0.3, 0.4) is 0 Å². The predicted molar refractivity (Wildman–Crippen MR) is 60.2 cm³/mol. The van der Waals surface area contributed by atoms with Crippen molar-refractivity contribution >= 4 is 0 Å². The molecular weight excluding hydrogens is 170 g/mol. The molecule has 0 heterocycles. The molecule has 1 saturated carbocycles. The van der Waals surface area contributed by atoms with Gasteiger partial charge < -0.3 is 5.73 Å². The van der Waals surface area contributed by atoms with Crippen LogP contribution >= 0.6 is 0 Å². The Morgan fingerprint density at radius 3 is 2.14 bits per heavy atom. The molecule has 1 unspecified atom stereocenters. The number of hydrogen-bond acceptors (Lipinski definition) is 1. The van der Waals surface area contributed by atoms with Crippen LogP contribution in [0.15, 0.2) is 30.3 Å². The topological polar surface area (TPSA) is 26.0 Å². The van der Waals surface area contributed by atoms with Crippen molar-refractivity contribution in [1.82, 2.24) is 0 Å². The number of nitrogens with two attached hydrogens (primary N) is 1. The van der Waals surface area contributed by atoms with Gasteiger partial charge in [-0.15, -0.1) is 0 Å². The third-order valence-electron chi connectivity index (χ3n) is 3.27. The van der Waals surface area contributed by atoms with Crippen molar-refractivity contribution < 1.29 is 0 Å². The Morgan fingerprint density at radius 2 is 1.71 bits per heavy atom. The van der Waals surface area contributed by atoms with E-state index in [4.69, 9.17) is 5.73 Å². The fraction of sp³-hybridized carbons (Fsp3) is 0.538. The normalized spacial score (nSPS) is 20.9. The SMILES string of the molecule is CC(C)C(c1ccccc1)C1(N)CC1. The first kappa shape index (κ1) is 9.72. The van der Waals surface area contributed by atoms with E-state index in [1.807, 2.05) is 0 Å². The Morgan fingerprint density at radius 1 is 1.14 bits per heavy atom. The highest BCUT2D eigenvalue weighted by Gasteiger charge is 2.47. The molecule has 14 heavy (non-hydrogen) atoms. The minimum absolute atomic E-state index is 0.0928. The Labute approximate surface area is 86.3 Å². The van der Waals surface area contributed by atoms with E-state index in [-0.39, 0.29) is 5.54 Å². The molecule has 0 aromatic heterocycles. The van der Waals surface area contributed by atoms with Crippen LogP contribution in [0, 0.1) is 5.92 Å². The monoisotopic (exact) mass is 189 g/mol. The molecule has 0 amide bonds. The van der Waals surface area contributed by atoms with Gasteiger partial charge in [0, 0.05) is 11.5 Å². The van der Waals surface area contributed by atoms with E-state index in [9.17, 15) is 0 Å². The molecule has 1 nitrogen and oxygen atoms in total. The lowest BCUT2D eigenvalue weighted by Gasteiger charge is -2.27. The highest BCUT2D eigenvalue weighted by atomic mass is 14.8. The molecule has 1 heteroatoms. The van der Waals surface area contributed by atoms with Gasteiger partial charge in [-0.2, -0.15) is 0 Å². The van der Waals surface area contributed by atoms with Crippen molar-refractivity contribution in [3.05, 3.63) is 35.9 Å². The zero-order valence-electron chi connectivity index (χ0n) is 9.03. The molecule has 2 rings (SSSR count). The summed E-state index contributed by atoms with van der Waals surface area (Å²) in [5.74, 6) is 1.16. The standard InChI is InChI=1S/C13H19N/c1-10(2)12(13(14)8-9-13)11-6-4-3-5-7-11/h3-7,10,12H,8-9,14H2,1-2H3. The van der Waals surface area contributed by atoms with Crippen LogP contribution in [0.4, 0.5) is 0 Å². The third kappa shape index (κ3) is 1.69. The van der Waals surface area contributed by atoms with E-state index in [0.717, 1.165) is 0 Å². The van der Waals surface area contributed by atoms with Gasteiger partial charge in [0.1, 0.15) is 0 Å². The van der Waals surface area contributed by atoms with Gasteiger partial charge in [-0.1, -0.05) is 44.2 Å². The highest BCUT2D eigenvalue weighted by molar-refractivity contribution is 5.27. The average molecular weight is 189 g/mol. The Hall–Kier alpha value is -0.820. The lowest BCUT2D eigenvalue weighted by molar-refractivity contribution is 0.403. The van der Waals surface area contributed by atoms with E-state index < -0.39 is 0 Å². The van der Waals surface area contributed by atoms with Crippen LogP contribution in [0.2, 0.25) is 0 Å². The molecule has 76 valence electrons. The van der Waals surface area contributed by atoms with Crippen LogP contribution in [-0.2, 0) is 0 Å². The summed E-state index contributed by atoms with van der Waals surface area (Å²) < 4.78 is 0. The van der Waals surface area contributed by atoms with E-state index >= 15 is 0 Å². The van der Waals surface area contributed by atoms with Gasteiger partial charge in [0.2, 0.25) is 0 Å². The minimum Gasteiger partial charge on any atom is -0.325 e. The molecule has 1 aromatic carbocycles. The van der Waals surface area contributed by atoms with E-state index in [1.165, 1.54) is 18.4 Å². The molecule has 1 aliphatic carbocycles.